The summed E-state index contributed by atoms with van der Waals surface area (Å²) in [4.78, 5) is 28.7. The molecule has 5 N–H and O–H groups in total. The number of carboxylic acid groups (broad SMARTS) is 1. The summed E-state index contributed by atoms with van der Waals surface area (Å²) in [6.07, 6.45) is 1.98. The summed E-state index contributed by atoms with van der Waals surface area (Å²) >= 11 is 0. The Balaban J connectivity index is 0. The second kappa shape index (κ2) is 10.4. The fourth-order valence-electron chi connectivity index (χ4n) is 0.598. The molecule has 0 aliphatic heterocycles. The van der Waals surface area contributed by atoms with Crippen LogP contribution < -0.4 is 11.5 Å². The molecule has 0 saturated carbocycles. The van der Waals surface area contributed by atoms with Gasteiger partial charge >= 0.3 is 0 Å². The van der Waals surface area contributed by atoms with E-state index in [9.17, 15) is 9.59 Å². The Labute approximate surface area is 75.9 Å². The summed E-state index contributed by atoms with van der Waals surface area (Å²) in [5.74, 6) is -0.658. The van der Waals surface area contributed by atoms with Crippen LogP contribution in [-0.2, 0) is 14.4 Å². The zero-order valence-corrected chi connectivity index (χ0v) is 7.23. The molecule has 0 rings (SSSR count). The molecule has 0 aliphatic rings. The first kappa shape index (κ1) is 14.0. The van der Waals surface area contributed by atoms with Gasteiger partial charge in [0.25, 0.3) is 6.47 Å². The van der Waals surface area contributed by atoms with Gasteiger partial charge in [-0.25, -0.2) is 0 Å². The van der Waals surface area contributed by atoms with Crippen LogP contribution >= 0.6 is 0 Å². The number of hydrogen-bond donors (Lipinski definition) is 3. The molecule has 0 saturated heterocycles. The normalized spacial score (nSPS) is 8.00. The SMILES string of the molecule is NC(=O)CCCCC(N)=O.O=CO. The summed E-state index contributed by atoms with van der Waals surface area (Å²) < 4.78 is 0. The minimum Gasteiger partial charge on any atom is -0.483 e. The van der Waals surface area contributed by atoms with Gasteiger partial charge in [0.2, 0.25) is 11.8 Å². The Bertz CT molecular complexity index is 154. The lowest BCUT2D eigenvalue weighted by molar-refractivity contribution is -0.123. The van der Waals surface area contributed by atoms with Crippen LogP contribution in [0.2, 0.25) is 0 Å². The van der Waals surface area contributed by atoms with E-state index < -0.39 is 0 Å². The lowest BCUT2D eigenvalue weighted by Gasteiger charge is -1.93. The van der Waals surface area contributed by atoms with Gasteiger partial charge < -0.3 is 16.6 Å². The molecule has 0 aromatic rings. The molecule has 0 unspecified atom stereocenters. The Morgan fingerprint density at radius 3 is 1.46 bits per heavy atom. The quantitative estimate of drug-likeness (QED) is 0.388. The van der Waals surface area contributed by atoms with E-state index in [0.717, 1.165) is 0 Å². The highest BCUT2D eigenvalue weighted by Crippen LogP contribution is 1.97. The second-order valence-corrected chi connectivity index (χ2v) is 2.25. The van der Waals surface area contributed by atoms with Gasteiger partial charge in [-0.3, -0.25) is 14.4 Å². The van der Waals surface area contributed by atoms with Crippen LogP contribution in [0.15, 0.2) is 0 Å². The molecule has 6 heteroatoms. The Morgan fingerprint density at radius 2 is 1.31 bits per heavy atom. The Morgan fingerprint density at radius 1 is 1.08 bits per heavy atom. The molecule has 0 aromatic carbocycles. The van der Waals surface area contributed by atoms with Gasteiger partial charge in [0, 0.05) is 12.8 Å². The van der Waals surface area contributed by atoms with Crippen molar-refractivity contribution in [3.05, 3.63) is 0 Å². The smallest absolute Gasteiger partial charge is 0.290 e. The van der Waals surface area contributed by atoms with Crippen molar-refractivity contribution in [3.8, 4) is 0 Å². The molecular weight excluding hydrogens is 176 g/mol. The fraction of sp³-hybridized carbons (Fsp3) is 0.571. The molecule has 76 valence electrons. The maximum Gasteiger partial charge on any atom is 0.290 e. The van der Waals surface area contributed by atoms with Crippen LogP contribution in [-0.4, -0.2) is 23.4 Å². The number of unbranched alkanes of at least 4 members (excludes halogenated alkanes) is 1. The predicted molar refractivity (Wildman–Crippen MR) is 45.5 cm³/mol. The third-order valence-corrected chi connectivity index (χ3v) is 1.10. The lowest BCUT2D eigenvalue weighted by atomic mass is 10.2. The first-order valence-corrected chi connectivity index (χ1v) is 3.69. The molecule has 0 aliphatic carbocycles. The maximum atomic E-state index is 10.2. The van der Waals surface area contributed by atoms with Gasteiger partial charge in [-0.05, 0) is 12.8 Å². The number of carbonyl (C=O) groups excluding carboxylic acids is 2. The molecule has 0 heterocycles. The molecule has 0 bridgehead atoms. The van der Waals surface area contributed by atoms with Crippen LogP contribution in [0.25, 0.3) is 0 Å². The highest BCUT2D eigenvalue weighted by Gasteiger charge is 1.96. The third-order valence-electron chi connectivity index (χ3n) is 1.10. The van der Waals surface area contributed by atoms with E-state index in [2.05, 4.69) is 0 Å². The van der Waals surface area contributed by atoms with E-state index in [1.54, 1.807) is 0 Å². The third kappa shape index (κ3) is 25.2. The zero-order chi connectivity index (χ0) is 10.7. The van der Waals surface area contributed by atoms with E-state index in [1.165, 1.54) is 0 Å². The maximum absolute atomic E-state index is 10.2. The number of primary amides is 2. The summed E-state index contributed by atoms with van der Waals surface area (Å²) in [6.45, 7) is -0.250. The molecule has 0 atom stereocenters. The van der Waals surface area contributed by atoms with E-state index in [-0.39, 0.29) is 18.3 Å². The van der Waals surface area contributed by atoms with E-state index in [1.807, 2.05) is 0 Å². The van der Waals surface area contributed by atoms with Crippen molar-refractivity contribution in [1.82, 2.24) is 0 Å². The van der Waals surface area contributed by atoms with Gasteiger partial charge in [0.1, 0.15) is 0 Å². The monoisotopic (exact) mass is 190 g/mol. The van der Waals surface area contributed by atoms with Crippen LogP contribution in [0, 0.1) is 0 Å². The van der Waals surface area contributed by atoms with Crippen LogP contribution in [0.3, 0.4) is 0 Å². The average molecular weight is 190 g/mol. The van der Waals surface area contributed by atoms with Gasteiger partial charge in [0.15, 0.2) is 0 Å². The van der Waals surface area contributed by atoms with Crippen LogP contribution in [0.1, 0.15) is 25.7 Å². The summed E-state index contributed by atoms with van der Waals surface area (Å²) in [5.41, 5.74) is 9.71. The number of hydrogen-bond acceptors (Lipinski definition) is 3. The van der Waals surface area contributed by atoms with Crippen LogP contribution in [0.4, 0.5) is 0 Å². The van der Waals surface area contributed by atoms with Crippen molar-refractivity contribution in [2.24, 2.45) is 11.5 Å². The summed E-state index contributed by atoms with van der Waals surface area (Å²) in [7, 11) is 0. The highest BCUT2D eigenvalue weighted by molar-refractivity contribution is 5.74. The van der Waals surface area contributed by atoms with Crippen molar-refractivity contribution in [1.29, 1.82) is 0 Å². The van der Waals surface area contributed by atoms with Crippen molar-refractivity contribution in [2.75, 3.05) is 0 Å². The van der Waals surface area contributed by atoms with E-state index >= 15 is 0 Å². The number of nitrogens with two attached hydrogens (primary N) is 2. The Kier molecular flexibility index (Phi) is 11.2. The summed E-state index contributed by atoms with van der Waals surface area (Å²) in [5, 5.41) is 6.89. The number of carbonyl (C=O) groups is 3. The van der Waals surface area contributed by atoms with Crippen molar-refractivity contribution >= 4 is 18.3 Å². The van der Waals surface area contributed by atoms with Gasteiger partial charge in [0.05, 0.1) is 0 Å². The highest BCUT2D eigenvalue weighted by atomic mass is 16.3. The van der Waals surface area contributed by atoms with Gasteiger partial charge in [-0.15, -0.1) is 0 Å². The van der Waals surface area contributed by atoms with Gasteiger partial charge in [-0.2, -0.15) is 0 Å². The standard InChI is InChI=1S/C6H12N2O2.CH2O2/c7-5(9)3-1-2-4-6(8)10;2-1-3/h1-4H2,(H2,7,9)(H2,8,10);1H,(H,2,3). The lowest BCUT2D eigenvalue weighted by Crippen LogP contribution is -2.12. The first-order valence-electron chi connectivity index (χ1n) is 3.69. The zero-order valence-electron chi connectivity index (χ0n) is 7.23. The molecule has 0 fully saturated rings. The fourth-order valence-corrected chi connectivity index (χ4v) is 0.598. The van der Waals surface area contributed by atoms with Crippen molar-refractivity contribution in [3.63, 3.8) is 0 Å². The molecule has 2 amide bonds. The number of rotatable bonds is 5. The Hall–Kier alpha value is -1.59. The van der Waals surface area contributed by atoms with Crippen molar-refractivity contribution in [2.45, 2.75) is 25.7 Å². The van der Waals surface area contributed by atoms with E-state index in [4.69, 9.17) is 21.4 Å². The number of amides is 2. The predicted octanol–water partition coefficient (Wildman–Crippen LogP) is -0.782. The molecule has 6 nitrogen and oxygen atoms in total. The van der Waals surface area contributed by atoms with Crippen LogP contribution in [0.5, 0.6) is 0 Å². The largest absolute Gasteiger partial charge is 0.483 e. The molecular formula is C7H14N2O4. The van der Waals surface area contributed by atoms with Crippen molar-refractivity contribution < 1.29 is 19.5 Å². The molecule has 13 heavy (non-hydrogen) atoms. The van der Waals surface area contributed by atoms with Gasteiger partial charge in [-0.1, -0.05) is 0 Å². The first-order chi connectivity index (χ1) is 6.04. The second-order valence-electron chi connectivity index (χ2n) is 2.25. The minimum atomic E-state index is -0.329. The average Bonchev–Trinajstić information content (AvgIpc) is 1.99. The topological polar surface area (TPSA) is 123 Å². The van der Waals surface area contributed by atoms with E-state index in [0.29, 0.717) is 25.7 Å². The summed E-state index contributed by atoms with van der Waals surface area (Å²) in [6, 6.07) is 0. The minimum absolute atomic E-state index is 0.250. The molecule has 0 spiro atoms. The molecule has 0 radical (unpaired) electrons. The molecule has 0 aromatic heterocycles.